The molecule has 5 nitrogen and oxygen atoms in total. The van der Waals surface area contributed by atoms with Gasteiger partial charge in [0.2, 0.25) is 0 Å². The summed E-state index contributed by atoms with van der Waals surface area (Å²) in [6.45, 7) is 0. The van der Waals surface area contributed by atoms with Gasteiger partial charge in [-0.15, -0.1) is 22.7 Å². The maximum Gasteiger partial charge on any atom is 0.265 e. The summed E-state index contributed by atoms with van der Waals surface area (Å²) in [6, 6.07) is 14.7. The van der Waals surface area contributed by atoms with Crippen LogP contribution in [0.1, 0.15) is 9.67 Å². The predicted molar refractivity (Wildman–Crippen MR) is 112 cm³/mol. The number of anilines is 3. The number of thiophene rings is 1. The van der Waals surface area contributed by atoms with Crippen LogP contribution in [0, 0.1) is 0 Å². The Morgan fingerprint density at radius 2 is 1.70 bits per heavy atom. The molecule has 0 saturated carbocycles. The monoisotopic (exact) mass is 412 g/mol. The molecule has 0 radical (unpaired) electrons. The molecule has 0 atom stereocenters. The summed E-state index contributed by atoms with van der Waals surface area (Å²) in [6.07, 6.45) is 3.50. The molecule has 4 rings (SSSR count). The van der Waals surface area contributed by atoms with E-state index in [0.29, 0.717) is 14.9 Å². The number of thiazole rings is 1. The summed E-state index contributed by atoms with van der Waals surface area (Å²) >= 11 is 8.65. The fraction of sp³-hybridized carbons (Fsp3) is 0. The molecule has 0 fully saturated rings. The number of nitrogens with one attached hydrogen (secondary N) is 2. The van der Waals surface area contributed by atoms with Crippen LogP contribution in [0.2, 0.25) is 4.34 Å². The number of halogens is 1. The van der Waals surface area contributed by atoms with E-state index in [1.807, 2.05) is 41.8 Å². The van der Waals surface area contributed by atoms with Crippen LogP contribution in [0.4, 0.5) is 16.5 Å². The van der Waals surface area contributed by atoms with Crippen LogP contribution >= 0.6 is 34.3 Å². The minimum atomic E-state index is -0.172. The summed E-state index contributed by atoms with van der Waals surface area (Å²) in [5.41, 5.74) is 3.54. The Labute approximate surface area is 168 Å². The maximum atomic E-state index is 12.2. The van der Waals surface area contributed by atoms with Gasteiger partial charge >= 0.3 is 0 Å². The van der Waals surface area contributed by atoms with Crippen molar-refractivity contribution in [1.29, 1.82) is 0 Å². The average molecular weight is 413 g/mol. The van der Waals surface area contributed by atoms with Gasteiger partial charge in [0.25, 0.3) is 5.91 Å². The quantitative estimate of drug-likeness (QED) is 0.427. The third-order valence-corrected chi connectivity index (χ3v) is 5.66. The normalized spacial score (nSPS) is 10.6. The highest BCUT2D eigenvalue weighted by Crippen LogP contribution is 2.27. The van der Waals surface area contributed by atoms with E-state index in [1.165, 1.54) is 22.7 Å². The van der Waals surface area contributed by atoms with Crippen molar-refractivity contribution in [2.45, 2.75) is 0 Å². The fourth-order valence-electron chi connectivity index (χ4n) is 2.38. The van der Waals surface area contributed by atoms with E-state index in [9.17, 15) is 4.79 Å². The van der Waals surface area contributed by atoms with Gasteiger partial charge < -0.3 is 10.6 Å². The van der Waals surface area contributed by atoms with Gasteiger partial charge in [-0.1, -0.05) is 11.6 Å². The number of pyridine rings is 1. The van der Waals surface area contributed by atoms with Crippen LogP contribution in [0.15, 0.2) is 66.3 Å². The minimum Gasteiger partial charge on any atom is -0.332 e. The second-order valence-corrected chi connectivity index (χ2v) is 8.11. The molecule has 0 saturated heterocycles. The zero-order chi connectivity index (χ0) is 18.6. The molecule has 8 heteroatoms. The van der Waals surface area contributed by atoms with Gasteiger partial charge in [0.1, 0.15) is 0 Å². The SMILES string of the molecule is O=C(Nc1ccc(Nc2nc(-c3ccncc3)cs2)cc1)c1ccc(Cl)s1. The van der Waals surface area contributed by atoms with Crippen molar-refractivity contribution in [3.63, 3.8) is 0 Å². The standard InChI is InChI=1S/C19H13ClN4OS2/c20-17-6-5-16(27-17)18(25)22-13-1-3-14(4-2-13)23-19-24-15(11-26-19)12-7-9-21-10-8-12/h1-11H,(H,22,25)(H,23,24). The van der Waals surface area contributed by atoms with Crippen molar-refractivity contribution in [3.05, 3.63) is 75.5 Å². The lowest BCUT2D eigenvalue weighted by atomic mass is 10.2. The summed E-state index contributed by atoms with van der Waals surface area (Å²) < 4.78 is 0.592. The van der Waals surface area contributed by atoms with Crippen LogP contribution in [0.3, 0.4) is 0 Å². The van der Waals surface area contributed by atoms with Crippen molar-refractivity contribution in [1.82, 2.24) is 9.97 Å². The highest BCUT2D eigenvalue weighted by molar-refractivity contribution is 7.18. The third-order valence-electron chi connectivity index (χ3n) is 3.67. The first-order valence-electron chi connectivity index (χ1n) is 7.97. The number of aromatic nitrogens is 2. The van der Waals surface area contributed by atoms with Gasteiger partial charge in [0, 0.05) is 34.7 Å². The Balaban J connectivity index is 1.41. The topological polar surface area (TPSA) is 66.9 Å². The molecule has 3 heterocycles. The van der Waals surface area contributed by atoms with E-state index in [1.54, 1.807) is 24.5 Å². The molecule has 1 amide bonds. The summed E-state index contributed by atoms with van der Waals surface area (Å²) in [7, 11) is 0. The Kier molecular flexibility index (Phi) is 5.15. The second-order valence-electron chi connectivity index (χ2n) is 5.53. The molecule has 1 aromatic carbocycles. The van der Waals surface area contributed by atoms with Crippen LogP contribution < -0.4 is 10.6 Å². The van der Waals surface area contributed by atoms with Crippen LogP contribution in [-0.4, -0.2) is 15.9 Å². The molecule has 4 aromatic rings. The van der Waals surface area contributed by atoms with Crippen molar-refractivity contribution < 1.29 is 4.79 Å². The molecule has 0 aliphatic carbocycles. The summed E-state index contributed by atoms with van der Waals surface area (Å²) in [5.74, 6) is -0.172. The lowest BCUT2D eigenvalue weighted by molar-refractivity contribution is 0.103. The number of hydrogen-bond acceptors (Lipinski definition) is 6. The molecule has 0 aliphatic rings. The molecule has 0 spiro atoms. The Hall–Kier alpha value is -2.74. The number of benzene rings is 1. The first-order valence-corrected chi connectivity index (χ1v) is 10.0. The maximum absolute atomic E-state index is 12.2. The van der Waals surface area contributed by atoms with Crippen LogP contribution in [0.5, 0.6) is 0 Å². The number of carbonyl (C=O) groups excluding carboxylic acids is 1. The van der Waals surface area contributed by atoms with Gasteiger partial charge in [-0.2, -0.15) is 0 Å². The van der Waals surface area contributed by atoms with E-state index < -0.39 is 0 Å². The zero-order valence-corrected chi connectivity index (χ0v) is 16.2. The Morgan fingerprint density at radius 3 is 2.41 bits per heavy atom. The van der Waals surface area contributed by atoms with Crippen LogP contribution in [-0.2, 0) is 0 Å². The first-order chi connectivity index (χ1) is 13.2. The van der Waals surface area contributed by atoms with Gasteiger partial charge in [-0.05, 0) is 48.5 Å². The highest BCUT2D eigenvalue weighted by atomic mass is 35.5. The van der Waals surface area contributed by atoms with E-state index in [4.69, 9.17) is 11.6 Å². The number of carbonyl (C=O) groups is 1. The minimum absolute atomic E-state index is 0.172. The number of rotatable bonds is 5. The molecule has 0 unspecified atom stereocenters. The largest absolute Gasteiger partial charge is 0.332 e. The summed E-state index contributed by atoms with van der Waals surface area (Å²) in [4.78, 5) is 21.3. The van der Waals surface area contributed by atoms with E-state index in [0.717, 1.165) is 22.1 Å². The fourth-order valence-corrected chi connectivity index (χ4v) is 4.05. The zero-order valence-electron chi connectivity index (χ0n) is 13.8. The van der Waals surface area contributed by atoms with Crippen molar-refractivity contribution in [3.8, 4) is 11.3 Å². The number of amides is 1. The lowest BCUT2D eigenvalue weighted by Gasteiger charge is -2.06. The van der Waals surface area contributed by atoms with Crippen LogP contribution in [0.25, 0.3) is 11.3 Å². The molecule has 134 valence electrons. The number of nitrogens with zero attached hydrogens (tertiary/aromatic N) is 2. The van der Waals surface area contributed by atoms with E-state index in [-0.39, 0.29) is 5.91 Å². The summed E-state index contributed by atoms with van der Waals surface area (Å²) in [5, 5.41) is 8.92. The molecule has 0 aliphatic heterocycles. The second kappa shape index (κ2) is 7.87. The molecule has 27 heavy (non-hydrogen) atoms. The Bertz CT molecular complexity index is 1060. The lowest BCUT2D eigenvalue weighted by Crippen LogP contribution is -2.09. The Morgan fingerprint density at radius 1 is 0.963 bits per heavy atom. The van der Waals surface area contributed by atoms with Gasteiger partial charge in [-0.3, -0.25) is 9.78 Å². The van der Waals surface area contributed by atoms with Crippen molar-refractivity contribution in [2.24, 2.45) is 0 Å². The first kappa shape index (κ1) is 17.7. The molecule has 0 bridgehead atoms. The number of hydrogen-bond donors (Lipinski definition) is 2. The van der Waals surface area contributed by atoms with Gasteiger partial charge in [0.05, 0.1) is 14.9 Å². The van der Waals surface area contributed by atoms with Crippen molar-refractivity contribution in [2.75, 3.05) is 10.6 Å². The van der Waals surface area contributed by atoms with Crippen molar-refractivity contribution >= 4 is 56.7 Å². The third kappa shape index (κ3) is 4.33. The van der Waals surface area contributed by atoms with E-state index >= 15 is 0 Å². The molecule has 3 aromatic heterocycles. The highest BCUT2D eigenvalue weighted by Gasteiger charge is 2.09. The molecule has 2 N–H and O–H groups in total. The predicted octanol–water partition coefficient (Wildman–Crippen LogP) is 5.92. The average Bonchev–Trinajstić information content (AvgIpc) is 3.33. The molecular formula is C19H13ClN4OS2. The van der Waals surface area contributed by atoms with Gasteiger partial charge in [-0.25, -0.2) is 4.98 Å². The molecular weight excluding hydrogens is 400 g/mol. The smallest absolute Gasteiger partial charge is 0.265 e. The van der Waals surface area contributed by atoms with E-state index in [2.05, 4.69) is 20.6 Å². The van der Waals surface area contributed by atoms with Gasteiger partial charge in [0.15, 0.2) is 5.13 Å².